The number of anilines is 1. The van der Waals surface area contributed by atoms with Crippen molar-refractivity contribution in [3.8, 4) is 0 Å². The number of hydrogen-bond donors (Lipinski definition) is 2. The smallest absolute Gasteiger partial charge is 0.238 e. The molecule has 1 aliphatic heterocycles. The fourth-order valence-electron chi connectivity index (χ4n) is 3.50. The first-order valence-corrected chi connectivity index (χ1v) is 10.3. The molecule has 3 rings (SSSR count). The summed E-state index contributed by atoms with van der Waals surface area (Å²) in [5.41, 5.74) is 0.480. The predicted octanol–water partition coefficient (Wildman–Crippen LogP) is 3.13. The van der Waals surface area contributed by atoms with E-state index in [9.17, 15) is 9.59 Å². The Morgan fingerprint density at radius 2 is 2.23 bits per heavy atom. The summed E-state index contributed by atoms with van der Waals surface area (Å²) in [4.78, 5) is 29.0. The van der Waals surface area contributed by atoms with E-state index in [1.54, 1.807) is 12.3 Å². The topological polar surface area (TPSA) is 80.3 Å². The molecular weight excluding hydrogens is 350 g/mol. The van der Waals surface area contributed by atoms with E-state index in [1.165, 1.54) is 18.2 Å². The number of pyridine rings is 1. The maximum Gasteiger partial charge on any atom is 0.238 e. The van der Waals surface area contributed by atoms with Gasteiger partial charge in [-0.25, -0.2) is 4.98 Å². The number of fused-ring (bicyclic) bond motifs is 1. The fourth-order valence-corrected chi connectivity index (χ4v) is 4.54. The van der Waals surface area contributed by atoms with Gasteiger partial charge in [0.2, 0.25) is 11.8 Å². The summed E-state index contributed by atoms with van der Waals surface area (Å²) in [7, 11) is 0. The van der Waals surface area contributed by atoms with Crippen molar-refractivity contribution in [2.45, 2.75) is 67.7 Å². The molecule has 1 unspecified atom stereocenters. The van der Waals surface area contributed by atoms with Crippen molar-refractivity contribution in [1.82, 2.24) is 10.3 Å². The molecule has 0 bridgehead atoms. The van der Waals surface area contributed by atoms with E-state index in [0.717, 1.165) is 43.7 Å². The van der Waals surface area contributed by atoms with Crippen LogP contribution in [0.3, 0.4) is 0 Å². The van der Waals surface area contributed by atoms with Gasteiger partial charge >= 0.3 is 0 Å². The lowest BCUT2D eigenvalue weighted by Crippen LogP contribution is -2.47. The van der Waals surface area contributed by atoms with E-state index in [0.29, 0.717) is 12.2 Å². The monoisotopic (exact) mass is 377 g/mol. The van der Waals surface area contributed by atoms with E-state index in [2.05, 4.69) is 22.5 Å². The van der Waals surface area contributed by atoms with Crippen LogP contribution in [-0.4, -0.2) is 40.8 Å². The Morgan fingerprint density at radius 3 is 3.00 bits per heavy atom. The van der Waals surface area contributed by atoms with Gasteiger partial charge in [0.25, 0.3) is 0 Å². The van der Waals surface area contributed by atoms with Crippen LogP contribution in [-0.2, 0) is 14.3 Å². The number of ether oxygens (including phenoxy) is 1. The molecule has 1 aliphatic carbocycles. The van der Waals surface area contributed by atoms with Crippen LogP contribution in [0.4, 0.5) is 5.69 Å². The van der Waals surface area contributed by atoms with E-state index in [4.69, 9.17) is 4.74 Å². The second-order valence-electron chi connectivity index (χ2n) is 7.02. The summed E-state index contributed by atoms with van der Waals surface area (Å²) < 4.78 is 6.12. The van der Waals surface area contributed by atoms with E-state index < -0.39 is 5.25 Å². The molecule has 1 aromatic rings. The predicted molar refractivity (Wildman–Crippen MR) is 102 cm³/mol. The van der Waals surface area contributed by atoms with Gasteiger partial charge < -0.3 is 15.4 Å². The summed E-state index contributed by atoms with van der Waals surface area (Å²) in [6.45, 7) is 3.35. The van der Waals surface area contributed by atoms with Crippen LogP contribution in [0.1, 0.15) is 51.9 Å². The van der Waals surface area contributed by atoms with Crippen LogP contribution in [0.15, 0.2) is 23.4 Å². The van der Waals surface area contributed by atoms with Crippen LogP contribution in [0.2, 0.25) is 0 Å². The van der Waals surface area contributed by atoms with Crippen molar-refractivity contribution in [2.75, 3.05) is 18.5 Å². The largest absolute Gasteiger partial charge is 0.373 e. The highest BCUT2D eigenvalue weighted by atomic mass is 32.2. The highest BCUT2D eigenvalue weighted by Crippen LogP contribution is 2.35. The van der Waals surface area contributed by atoms with Gasteiger partial charge in [-0.1, -0.05) is 37.9 Å². The van der Waals surface area contributed by atoms with Crippen molar-refractivity contribution >= 4 is 29.3 Å². The van der Waals surface area contributed by atoms with Gasteiger partial charge in [-0.05, 0) is 31.4 Å². The Morgan fingerprint density at radius 1 is 1.42 bits per heavy atom. The minimum atomic E-state index is -0.448. The second-order valence-corrected chi connectivity index (χ2v) is 8.22. The van der Waals surface area contributed by atoms with Crippen molar-refractivity contribution < 1.29 is 14.3 Å². The number of hydrogen-bond acceptors (Lipinski definition) is 5. The molecule has 26 heavy (non-hydrogen) atoms. The minimum absolute atomic E-state index is 0.109. The Labute approximate surface area is 158 Å². The molecule has 0 aromatic carbocycles. The molecule has 2 aliphatic rings. The SMILES string of the molecule is CCCOC1(CNC(=O)CC2Sc3ncccc3NC2=O)CCCCC1. The molecule has 6 nitrogen and oxygen atoms in total. The van der Waals surface area contributed by atoms with Gasteiger partial charge in [-0.2, -0.15) is 0 Å². The van der Waals surface area contributed by atoms with Crippen LogP contribution >= 0.6 is 11.8 Å². The van der Waals surface area contributed by atoms with E-state index >= 15 is 0 Å². The Balaban J connectivity index is 1.54. The maximum absolute atomic E-state index is 12.4. The maximum atomic E-state index is 12.4. The average Bonchev–Trinajstić information content (AvgIpc) is 2.66. The molecule has 1 atom stereocenters. The quantitative estimate of drug-likeness (QED) is 0.763. The summed E-state index contributed by atoms with van der Waals surface area (Å²) in [6, 6.07) is 3.61. The molecule has 2 heterocycles. The molecule has 1 fully saturated rings. The summed E-state index contributed by atoms with van der Waals surface area (Å²) in [5, 5.41) is 6.16. The van der Waals surface area contributed by atoms with Gasteiger partial charge in [-0.15, -0.1) is 0 Å². The molecule has 142 valence electrons. The van der Waals surface area contributed by atoms with Gasteiger partial charge in [0.15, 0.2) is 0 Å². The van der Waals surface area contributed by atoms with Crippen molar-refractivity contribution in [2.24, 2.45) is 0 Å². The number of nitrogens with zero attached hydrogens (tertiary/aromatic N) is 1. The lowest BCUT2D eigenvalue weighted by Gasteiger charge is -2.37. The van der Waals surface area contributed by atoms with Crippen LogP contribution in [0, 0.1) is 0 Å². The lowest BCUT2D eigenvalue weighted by molar-refractivity contribution is -0.126. The third-order valence-electron chi connectivity index (χ3n) is 4.93. The molecule has 0 spiro atoms. The summed E-state index contributed by atoms with van der Waals surface area (Å²) >= 11 is 1.35. The Kier molecular flexibility index (Phi) is 6.53. The number of carbonyl (C=O) groups excluding carboxylic acids is 2. The third-order valence-corrected chi connectivity index (χ3v) is 6.14. The zero-order valence-corrected chi connectivity index (χ0v) is 16.1. The molecule has 1 saturated carbocycles. The number of amides is 2. The van der Waals surface area contributed by atoms with Gasteiger partial charge in [-0.3, -0.25) is 9.59 Å². The standard InChI is InChI=1S/C19H27N3O3S/c1-2-11-25-19(8-4-3-5-9-19)13-21-16(23)12-15-17(24)22-14-7-6-10-20-18(14)26-15/h6-7,10,15H,2-5,8-9,11-13H2,1H3,(H,21,23)(H,22,24). The third kappa shape index (κ3) is 4.76. The number of nitrogens with one attached hydrogen (secondary N) is 2. The number of rotatable bonds is 7. The second kappa shape index (κ2) is 8.86. The number of carbonyl (C=O) groups is 2. The first kappa shape index (κ1) is 19.2. The van der Waals surface area contributed by atoms with Gasteiger partial charge in [0.05, 0.1) is 16.5 Å². The highest BCUT2D eigenvalue weighted by Gasteiger charge is 2.34. The first-order valence-electron chi connectivity index (χ1n) is 9.45. The summed E-state index contributed by atoms with van der Waals surface area (Å²) in [6.07, 6.45) is 8.31. The zero-order valence-electron chi connectivity index (χ0n) is 15.3. The van der Waals surface area contributed by atoms with Gasteiger partial charge in [0.1, 0.15) is 5.03 Å². The van der Waals surface area contributed by atoms with E-state index in [-0.39, 0.29) is 23.8 Å². The molecule has 0 radical (unpaired) electrons. The zero-order chi connectivity index (χ0) is 18.4. The fraction of sp³-hybridized carbons (Fsp3) is 0.632. The van der Waals surface area contributed by atoms with Crippen molar-refractivity contribution in [3.05, 3.63) is 18.3 Å². The number of thioether (sulfide) groups is 1. The molecule has 1 aromatic heterocycles. The molecule has 7 heteroatoms. The van der Waals surface area contributed by atoms with Crippen LogP contribution in [0.25, 0.3) is 0 Å². The highest BCUT2D eigenvalue weighted by molar-refractivity contribution is 8.00. The lowest BCUT2D eigenvalue weighted by atomic mass is 9.84. The Hall–Kier alpha value is -1.60. The number of aromatic nitrogens is 1. The van der Waals surface area contributed by atoms with Crippen LogP contribution in [0.5, 0.6) is 0 Å². The first-order chi connectivity index (χ1) is 12.6. The molecule has 2 amide bonds. The van der Waals surface area contributed by atoms with Gasteiger partial charge in [0, 0.05) is 25.8 Å². The van der Waals surface area contributed by atoms with Crippen molar-refractivity contribution in [1.29, 1.82) is 0 Å². The molecule has 0 saturated heterocycles. The Bertz CT molecular complexity index is 647. The molecular formula is C19H27N3O3S. The average molecular weight is 378 g/mol. The van der Waals surface area contributed by atoms with E-state index in [1.807, 2.05) is 6.07 Å². The van der Waals surface area contributed by atoms with Crippen molar-refractivity contribution in [3.63, 3.8) is 0 Å². The minimum Gasteiger partial charge on any atom is -0.373 e. The van der Waals surface area contributed by atoms with Crippen LogP contribution < -0.4 is 10.6 Å². The molecule has 2 N–H and O–H groups in total. The normalized spacial score (nSPS) is 21.6. The summed E-state index contributed by atoms with van der Waals surface area (Å²) in [5.74, 6) is -0.248.